The van der Waals surface area contributed by atoms with Gasteiger partial charge < -0.3 is 0 Å². The van der Waals surface area contributed by atoms with Gasteiger partial charge in [-0.05, 0) is 30.3 Å². The maximum absolute atomic E-state index is 12.5. The Balaban J connectivity index is 2.43. The summed E-state index contributed by atoms with van der Waals surface area (Å²) in [5.74, 6) is -0.111. The highest BCUT2D eigenvalue weighted by molar-refractivity contribution is 7.90. The van der Waals surface area contributed by atoms with Crippen molar-refractivity contribution in [2.45, 2.75) is 11.1 Å². The molecule has 1 aromatic heterocycles. The summed E-state index contributed by atoms with van der Waals surface area (Å²) < 4.78 is 60.2. The van der Waals surface area contributed by atoms with E-state index in [0.717, 1.165) is 18.5 Å². The molecule has 0 N–H and O–H groups in total. The Morgan fingerprint density at radius 1 is 1.05 bits per heavy atom. The number of hydrogen-bond donors (Lipinski definition) is 0. The van der Waals surface area contributed by atoms with Crippen LogP contribution in [0.1, 0.15) is 5.69 Å². The summed E-state index contributed by atoms with van der Waals surface area (Å²) >= 11 is 0. The van der Waals surface area contributed by atoms with Gasteiger partial charge in [0.25, 0.3) is 0 Å². The number of benzene rings is 1. The average molecular weight is 302 g/mol. The third kappa shape index (κ3) is 3.13. The van der Waals surface area contributed by atoms with Crippen LogP contribution in [0.5, 0.6) is 0 Å². The van der Waals surface area contributed by atoms with Crippen LogP contribution in [-0.2, 0) is 16.0 Å². The standard InChI is InChI=1S/C12H9F3N2O2S/c1-20(18,19)9-4-2-8(3-5-9)11-16-7-6-10(17-11)12(13,14)15/h2-7H,1H3. The normalized spacial score (nSPS) is 12.4. The number of aromatic nitrogens is 2. The Morgan fingerprint density at radius 3 is 2.15 bits per heavy atom. The van der Waals surface area contributed by atoms with Gasteiger partial charge in [0, 0.05) is 18.0 Å². The van der Waals surface area contributed by atoms with Crippen molar-refractivity contribution < 1.29 is 21.6 Å². The molecule has 1 aromatic carbocycles. The summed E-state index contributed by atoms with van der Waals surface area (Å²) in [5.41, 5.74) is -0.738. The molecule has 2 rings (SSSR count). The first-order valence-corrected chi connectivity index (χ1v) is 7.28. The van der Waals surface area contributed by atoms with Gasteiger partial charge in [-0.25, -0.2) is 18.4 Å². The van der Waals surface area contributed by atoms with Crippen molar-refractivity contribution in [3.8, 4) is 11.4 Å². The molecule has 0 amide bonds. The third-order valence-corrected chi connectivity index (χ3v) is 3.62. The van der Waals surface area contributed by atoms with Crippen LogP contribution in [0.4, 0.5) is 13.2 Å². The minimum Gasteiger partial charge on any atom is -0.237 e. The van der Waals surface area contributed by atoms with E-state index >= 15 is 0 Å². The fraction of sp³-hybridized carbons (Fsp3) is 0.167. The SMILES string of the molecule is CS(=O)(=O)c1ccc(-c2nccc(C(F)(F)F)n2)cc1. The summed E-state index contributed by atoms with van der Waals surface area (Å²) in [6.07, 6.45) is -2.50. The van der Waals surface area contributed by atoms with Crippen LogP contribution in [0.25, 0.3) is 11.4 Å². The van der Waals surface area contributed by atoms with Gasteiger partial charge in [0.2, 0.25) is 0 Å². The lowest BCUT2D eigenvalue weighted by Gasteiger charge is -2.07. The van der Waals surface area contributed by atoms with Crippen molar-refractivity contribution in [1.29, 1.82) is 0 Å². The highest BCUT2D eigenvalue weighted by Gasteiger charge is 2.32. The predicted molar refractivity (Wildman–Crippen MR) is 65.6 cm³/mol. The fourth-order valence-corrected chi connectivity index (χ4v) is 2.14. The van der Waals surface area contributed by atoms with Crippen molar-refractivity contribution in [2.24, 2.45) is 0 Å². The monoisotopic (exact) mass is 302 g/mol. The lowest BCUT2D eigenvalue weighted by Crippen LogP contribution is -2.09. The molecule has 0 saturated heterocycles. The number of sulfone groups is 1. The van der Waals surface area contributed by atoms with E-state index in [1.807, 2.05) is 0 Å². The molecule has 0 aliphatic heterocycles. The number of rotatable bonds is 2. The molecule has 0 atom stereocenters. The number of alkyl halides is 3. The largest absolute Gasteiger partial charge is 0.433 e. The Bertz CT molecular complexity index is 725. The number of halogens is 3. The van der Waals surface area contributed by atoms with Crippen LogP contribution in [0, 0.1) is 0 Å². The van der Waals surface area contributed by atoms with E-state index in [1.165, 1.54) is 24.3 Å². The molecule has 20 heavy (non-hydrogen) atoms. The van der Waals surface area contributed by atoms with Crippen molar-refractivity contribution in [3.05, 3.63) is 42.2 Å². The second-order valence-corrected chi connectivity index (χ2v) is 6.08. The van der Waals surface area contributed by atoms with Crippen LogP contribution in [0.15, 0.2) is 41.4 Å². The second-order valence-electron chi connectivity index (χ2n) is 4.06. The minimum atomic E-state index is -4.55. The van der Waals surface area contributed by atoms with E-state index in [2.05, 4.69) is 9.97 Å². The minimum absolute atomic E-state index is 0.0771. The van der Waals surface area contributed by atoms with Crippen LogP contribution in [0.3, 0.4) is 0 Å². The lowest BCUT2D eigenvalue weighted by atomic mass is 10.2. The van der Waals surface area contributed by atoms with Crippen molar-refractivity contribution in [3.63, 3.8) is 0 Å². The van der Waals surface area contributed by atoms with Gasteiger partial charge in [-0.1, -0.05) is 0 Å². The molecule has 0 aliphatic carbocycles. The van der Waals surface area contributed by atoms with Crippen molar-refractivity contribution >= 4 is 9.84 Å². The van der Waals surface area contributed by atoms with E-state index < -0.39 is 21.7 Å². The van der Waals surface area contributed by atoms with E-state index in [0.29, 0.717) is 5.56 Å². The Morgan fingerprint density at radius 2 is 1.65 bits per heavy atom. The lowest BCUT2D eigenvalue weighted by molar-refractivity contribution is -0.141. The molecule has 0 radical (unpaired) electrons. The maximum atomic E-state index is 12.5. The summed E-state index contributed by atoms with van der Waals surface area (Å²) in [6.45, 7) is 0. The quantitative estimate of drug-likeness (QED) is 0.855. The molecule has 4 nitrogen and oxygen atoms in total. The van der Waals surface area contributed by atoms with Gasteiger partial charge >= 0.3 is 6.18 Å². The van der Waals surface area contributed by atoms with E-state index in [4.69, 9.17) is 0 Å². The van der Waals surface area contributed by atoms with Crippen molar-refractivity contribution in [2.75, 3.05) is 6.26 Å². The van der Waals surface area contributed by atoms with E-state index in [1.54, 1.807) is 0 Å². The van der Waals surface area contributed by atoms with Gasteiger partial charge in [0.05, 0.1) is 4.90 Å². The predicted octanol–water partition coefficient (Wildman–Crippen LogP) is 2.57. The first kappa shape index (κ1) is 14.4. The van der Waals surface area contributed by atoms with Gasteiger partial charge in [-0.3, -0.25) is 0 Å². The fourth-order valence-electron chi connectivity index (χ4n) is 1.51. The molecule has 0 unspecified atom stereocenters. The molecule has 2 aromatic rings. The smallest absolute Gasteiger partial charge is 0.237 e. The zero-order valence-corrected chi connectivity index (χ0v) is 11.0. The molecule has 8 heteroatoms. The first-order chi connectivity index (χ1) is 9.18. The van der Waals surface area contributed by atoms with E-state index in [9.17, 15) is 21.6 Å². The summed E-state index contributed by atoms with van der Waals surface area (Å²) in [7, 11) is -3.35. The van der Waals surface area contributed by atoms with Crippen LogP contribution >= 0.6 is 0 Å². The number of hydrogen-bond acceptors (Lipinski definition) is 4. The molecule has 0 bridgehead atoms. The molecular formula is C12H9F3N2O2S. The molecule has 0 aliphatic rings. The highest BCUT2D eigenvalue weighted by Crippen LogP contribution is 2.28. The number of nitrogens with zero attached hydrogens (tertiary/aromatic N) is 2. The highest BCUT2D eigenvalue weighted by atomic mass is 32.2. The zero-order valence-electron chi connectivity index (χ0n) is 10.2. The van der Waals surface area contributed by atoms with Gasteiger partial charge in [-0.15, -0.1) is 0 Å². The molecular weight excluding hydrogens is 293 g/mol. The first-order valence-electron chi connectivity index (χ1n) is 5.39. The summed E-state index contributed by atoms with van der Waals surface area (Å²) in [5, 5.41) is 0. The Labute approximate surface area is 113 Å². The molecule has 0 fully saturated rings. The maximum Gasteiger partial charge on any atom is 0.433 e. The van der Waals surface area contributed by atoms with Crippen molar-refractivity contribution in [1.82, 2.24) is 9.97 Å². The van der Waals surface area contributed by atoms with Crippen LogP contribution in [-0.4, -0.2) is 24.6 Å². The van der Waals surface area contributed by atoms with Crippen LogP contribution < -0.4 is 0 Å². The second kappa shape index (κ2) is 4.86. The van der Waals surface area contributed by atoms with Gasteiger partial charge in [0.1, 0.15) is 5.69 Å². The zero-order chi connectivity index (χ0) is 15.0. The van der Waals surface area contributed by atoms with Crippen LogP contribution in [0.2, 0.25) is 0 Å². The summed E-state index contributed by atoms with van der Waals surface area (Å²) in [4.78, 5) is 7.25. The topological polar surface area (TPSA) is 59.9 Å². The van der Waals surface area contributed by atoms with E-state index in [-0.39, 0.29) is 10.7 Å². The van der Waals surface area contributed by atoms with Gasteiger partial charge in [-0.2, -0.15) is 13.2 Å². The molecule has 0 saturated carbocycles. The Hall–Kier alpha value is -1.96. The molecule has 0 spiro atoms. The molecule has 106 valence electrons. The Kier molecular flexibility index (Phi) is 3.51. The summed E-state index contributed by atoms with van der Waals surface area (Å²) in [6, 6.07) is 6.11. The molecule has 1 heterocycles. The third-order valence-electron chi connectivity index (χ3n) is 2.49. The average Bonchev–Trinajstić information content (AvgIpc) is 2.37. The van der Waals surface area contributed by atoms with Gasteiger partial charge in [0.15, 0.2) is 15.7 Å².